The quantitative estimate of drug-likeness (QED) is 0.517. The van der Waals surface area contributed by atoms with Crippen molar-refractivity contribution >= 4 is 17.5 Å². The molecule has 1 aliphatic rings. The summed E-state index contributed by atoms with van der Waals surface area (Å²) in [6.45, 7) is 6.08. The smallest absolute Gasteiger partial charge is 0.251 e. The molecule has 0 saturated heterocycles. The molecule has 3 rings (SSSR count). The normalized spacial score (nSPS) is 18.9. The molecule has 178 valence electrons. The Morgan fingerprint density at radius 2 is 1.73 bits per heavy atom. The second-order valence-electron chi connectivity index (χ2n) is 9.40. The molecule has 1 saturated carbocycles. The Morgan fingerprint density at radius 1 is 1.03 bits per heavy atom. The summed E-state index contributed by atoms with van der Waals surface area (Å²) in [5, 5.41) is 9.80. The van der Waals surface area contributed by atoms with E-state index in [0.29, 0.717) is 12.0 Å². The number of anilines is 1. The average Bonchev–Trinajstić information content (AvgIpc) is 2.80. The summed E-state index contributed by atoms with van der Waals surface area (Å²) in [4.78, 5) is 26.1. The monoisotopic (exact) mass is 451 g/mol. The van der Waals surface area contributed by atoms with Gasteiger partial charge in [-0.15, -0.1) is 0 Å². The van der Waals surface area contributed by atoms with E-state index in [1.807, 2.05) is 49.4 Å². The maximum Gasteiger partial charge on any atom is 0.251 e. The van der Waals surface area contributed by atoms with Crippen molar-refractivity contribution in [1.29, 1.82) is 0 Å². The molecule has 3 N–H and O–H groups in total. The summed E-state index contributed by atoms with van der Waals surface area (Å²) in [6, 6.07) is 14.9. The molecule has 2 aromatic rings. The predicted molar refractivity (Wildman–Crippen MR) is 133 cm³/mol. The molecule has 1 unspecified atom stereocenters. The Bertz CT molecular complexity index is 926. The molecular weight excluding hydrogens is 414 g/mol. The number of ether oxygens (including phenoxy) is 1. The van der Waals surface area contributed by atoms with E-state index in [2.05, 4.69) is 29.8 Å². The van der Waals surface area contributed by atoms with Crippen molar-refractivity contribution in [3.8, 4) is 5.75 Å². The minimum Gasteiger partial charge on any atom is -0.497 e. The Kier molecular flexibility index (Phi) is 8.75. The molecule has 0 bridgehead atoms. The molecule has 0 radical (unpaired) electrons. The van der Waals surface area contributed by atoms with Gasteiger partial charge in [0.2, 0.25) is 5.91 Å². The molecule has 0 spiro atoms. The minimum atomic E-state index is -0.568. The number of amides is 2. The lowest BCUT2D eigenvalue weighted by Crippen LogP contribution is -2.55. The summed E-state index contributed by atoms with van der Waals surface area (Å²) in [7, 11) is 1.65. The van der Waals surface area contributed by atoms with Gasteiger partial charge >= 0.3 is 0 Å². The van der Waals surface area contributed by atoms with Crippen molar-refractivity contribution in [1.82, 2.24) is 10.6 Å². The third-order valence-electron chi connectivity index (χ3n) is 6.14. The van der Waals surface area contributed by atoms with Gasteiger partial charge < -0.3 is 20.7 Å². The second kappa shape index (κ2) is 11.7. The number of benzene rings is 2. The van der Waals surface area contributed by atoms with Crippen LogP contribution in [0.5, 0.6) is 5.75 Å². The molecule has 2 aromatic carbocycles. The highest BCUT2D eigenvalue weighted by atomic mass is 16.5. The van der Waals surface area contributed by atoms with Crippen LogP contribution in [0, 0.1) is 12.8 Å². The number of rotatable bonds is 9. The molecule has 6 nitrogen and oxygen atoms in total. The zero-order valence-corrected chi connectivity index (χ0v) is 20.2. The van der Waals surface area contributed by atoms with E-state index >= 15 is 0 Å². The summed E-state index contributed by atoms with van der Waals surface area (Å²) in [6.07, 6.45) is 4.70. The maximum absolute atomic E-state index is 13.3. The van der Waals surface area contributed by atoms with Crippen LogP contribution in [-0.2, 0) is 4.79 Å². The largest absolute Gasteiger partial charge is 0.497 e. The van der Waals surface area contributed by atoms with Gasteiger partial charge in [0, 0.05) is 23.3 Å². The van der Waals surface area contributed by atoms with E-state index in [-0.39, 0.29) is 29.8 Å². The van der Waals surface area contributed by atoms with Crippen molar-refractivity contribution in [3.05, 3.63) is 59.7 Å². The van der Waals surface area contributed by atoms with E-state index < -0.39 is 6.04 Å². The molecule has 2 amide bonds. The van der Waals surface area contributed by atoms with Gasteiger partial charge in [-0.25, -0.2) is 0 Å². The lowest BCUT2D eigenvalue weighted by molar-refractivity contribution is -0.124. The molecule has 0 heterocycles. The van der Waals surface area contributed by atoms with Gasteiger partial charge in [0.15, 0.2) is 0 Å². The predicted octanol–water partition coefficient (Wildman–Crippen LogP) is 4.69. The van der Waals surface area contributed by atoms with E-state index in [4.69, 9.17) is 4.74 Å². The van der Waals surface area contributed by atoms with Gasteiger partial charge in [0.1, 0.15) is 11.8 Å². The number of carbonyl (C=O) groups is 2. The molecule has 3 atom stereocenters. The van der Waals surface area contributed by atoms with Crippen LogP contribution in [0.2, 0.25) is 0 Å². The van der Waals surface area contributed by atoms with Crippen molar-refractivity contribution in [3.63, 3.8) is 0 Å². The number of methoxy groups -OCH3 is 1. The zero-order valence-electron chi connectivity index (χ0n) is 20.2. The van der Waals surface area contributed by atoms with E-state index in [9.17, 15) is 9.59 Å². The van der Waals surface area contributed by atoms with E-state index in [1.165, 1.54) is 0 Å². The Hall–Kier alpha value is -3.02. The zero-order chi connectivity index (χ0) is 23.8. The summed E-state index contributed by atoms with van der Waals surface area (Å²) in [5.74, 6) is 0.766. The van der Waals surface area contributed by atoms with Crippen molar-refractivity contribution < 1.29 is 14.3 Å². The molecule has 1 fully saturated rings. The molecule has 6 heteroatoms. The number of hydrogen-bond donors (Lipinski definition) is 3. The van der Waals surface area contributed by atoms with Crippen LogP contribution >= 0.6 is 0 Å². The van der Waals surface area contributed by atoms with Crippen molar-refractivity contribution in [2.24, 2.45) is 5.92 Å². The Labute approximate surface area is 197 Å². The number of nitrogens with one attached hydrogen (secondary N) is 3. The first kappa shape index (κ1) is 24.6. The van der Waals surface area contributed by atoms with Gasteiger partial charge in [-0.1, -0.05) is 44.4 Å². The van der Waals surface area contributed by atoms with Gasteiger partial charge in [-0.2, -0.15) is 0 Å². The molecule has 33 heavy (non-hydrogen) atoms. The number of hydrogen-bond acceptors (Lipinski definition) is 4. The topological polar surface area (TPSA) is 79.5 Å². The summed E-state index contributed by atoms with van der Waals surface area (Å²) >= 11 is 0. The first-order chi connectivity index (χ1) is 15.9. The van der Waals surface area contributed by atoms with Gasteiger partial charge in [0.05, 0.1) is 7.11 Å². The van der Waals surface area contributed by atoms with E-state index in [0.717, 1.165) is 42.7 Å². The standard InChI is InChI=1S/C27H37N3O3/c1-18(2)16-25(30-26(31)20-9-7-8-19(3)17-20)27(32)29-24-11-6-5-10-23(24)28-21-12-14-22(33-4)15-13-21/h7-9,12-15,17-18,23-25,28H,5-6,10-11,16H2,1-4H3,(H,29,32)(H,30,31)/t23-,24+,25?/m1/s1. The average molecular weight is 452 g/mol. The van der Waals surface area contributed by atoms with Crippen LogP contribution in [0.4, 0.5) is 5.69 Å². The highest BCUT2D eigenvalue weighted by Gasteiger charge is 2.30. The Balaban J connectivity index is 1.67. The fourth-order valence-electron chi connectivity index (χ4n) is 4.39. The summed E-state index contributed by atoms with van der Waals surface area (Å²) < 4.78 is 5.24. The first-order valence-corrected chi connectivity index (χ1v) is 11.9. The van der Waals surface area contributed by atoms with E-state index in [1.54, 1.807) is 13.2 Å². The van der Waals surface area contributed by atoms with Crippen LogP contribution < -0.4 is 20.7 Å². The van der Waals surface area contributed by atoms with Gasteiger partial charge in [0.25, 0.3) is 5.91 Å². The van der Waals surface area contributed by atoms with Crippen LogP contribution in [-0.4, -0.2) is 37.0 Å². The lowest BCUT2D eigenvalue weighted by atomic mass is 9.89. The number of aryl methyl sites for hydroxylation is 1. The fourth-order valence-corrected chi connectivity index (χ4v) is 4.39. The van der Waals surface area contributed by atoms with Gasteiger partial charge in [-0.05, 0) is 68.5 Å². The highest BCUT2D eigenvalue weighted by Crippen LogP contribution is 2.24. The molecule has 0 aromatic heterocycles. The summed E-state index contributed by atoms with van der Waals surface area (Å²) in [5.41, 5.74) is 2.60. The number of carbonyl (C=O) groups excluding carboxylic acids is 2. The van der Waals surface area contributed by atoms with Gasteiger partial charge in [-0.3, -0.25) is 9.59 Å². The van der Waals surface area contributed by atoms with Crippen molar-refractivity contribution in [2.75, 3.05) is 12.4 Å². The molecule has 1 aliphatic carbocycles. The fraction of sp³-hybridized carbons (Fsp3) is 0.481. The first-order valence-electron chi connectivity index (χ1n) is 11.9. The molecule has 0 aliphatic heterocycles. The van der Waals surface area contributed by atoms with Crippen LogP contribution in [0.25, 0.3) is 0 Å². The highest BCUT2D eigenvalue weighted by molar-refractivity contribution is 5.97. The van der Waals surface area contributed by atoms with Crippen LogP contribution in [0.1, 0.15) is 61.9 Å². The molecular formula is C27H37N3O3. The second-order valence-corrected chi connectivity index (χ2v) is 9.40. The third-order valence-corrected chi connectivity index (χ3v) is 6.14. The van der Waals surface area contributed by atoms with Crippen LogP contribution in [0.3, 0.4) is 0 Å². The van der Waals surface area contributed by atoms with Crippen LogP contribution in [0.15, 0.2) is 48.5 Å². The Morgan fingerprint density at radius 3 is 2.36 bits per heavy atom. The third kappa shape index (κ3) is 7.24. The SMILES string of the molecule is COc1ccc(N[C@@H]2CCCC[C@@H]2NC(=O)C(CC(C)C)NC(=O)c2cccc(C)c2)cc1. The minimum absolute atomic E-state index is 0.0129. The lowest BCUT2D eigenvalue weighted by Gasteiger charge is -2.34. The van der Waals surface area contributed by atoms with Crippen molar-refractivity contribution in [2.45, 2.75) is 71.0 Å². The maximum atomic E-state index is 13.3.